The molecular formula is C14H22N2O3S. The molecule has 1 aliphatic carbocycles. The quantitative estimate of drug-likeness (QED) is 0.745. The standard InChI is InChI=1S/C14H22N2O3S/c15-11-12-4-3-7-14(10-12)20(17,18)16-8-9-19-13-5-1-2-6-13/h3-4,7,10,13,16H,1-2,5-6,8-9,11,15H2. The van der Waals surface area contributed by atoms with Crippen molar-refractivity contribution in [2.24, 2.45) is 5.73 Å². The molecule has 1 fully saturated rings. The molecule has 3 N–H and O–H groups in total. The minimum absolute atomic E-state index is 0.251. The van der Waals surface area contributed by atoms with E-state index >= 15 is 0 Å². The summed E-state index contributed by atoms with van der Waals surface area (Å²) < 4.78 is 32.4. The average molecular weight is 298 g/mol. The van der Waals surface area contributed by atoms with Crippen LogP contribution in [0.1, 0.15) is 31.2 Å². The number of ether oxygens (including phenoxy) is 1. The van der Waals surface area contributed by atoms with E-state index in [1.807, 2.05) is 6.07 Å². The van der Waals surface area contributed by atoms with Gasteiger partial charge >= 0.3 is 0 Å². The molecule has 0 atom stereocenters. The lowest BCUT2D eigenvalue weighted by Gasteiger charge is -2.12. The molecule has 6 heteroatoms. The molecule has 0 spiro atoms. The number of rotatable bonds is 7. The number of sulfonamides is 1. The van der Waals surface area contributed by atoms with Crippen LogP contribution in [0.4, 0.5) is 0 Å². The van der Waals surface area contributed by atoms with Crippen LogP contribution in [-0.4, -0.2) is 27.7 Å². The van der Waals surface area contributed by atoms with Crippen molar-refractivity contribution in [2.75, 3.05) is 13.2 Å². The molecule has 0 aliphatic heterocycles. The van der Waals surface area contributed by atoms with Gasteiger partial charge in [-0.3, -0.25) is 0 Å². The van der Waals surface area contributed by atoms with Crippen LogP contribution in [-0.2, 0) is 21.3 Å². The van der Waals surface area contributed by atoms with Gasteiger partial charge < -0.3 is 10.5 Å². The normalized spacial score (nSPS) is 16.6. The SMILES string of the molecule is NCc1cccc(S(=O)(=O)NCCOC2CCCC2)c1. The maximum Gasteiger partial charge on any atom is 0.240 e. The zero-order valence-corrected chi connectivity index (χ0v) is 12.4. The summed E-state index contributed by atoms with van der Waals surface area (Å²) >= 11 is 0. The van der Waals surface area contributed by atoms with Crippen molar-refractivity contribution in [3.8, 4) is 0 Å². The van der Waals surface area contributed by atoms with Crippen LogP contribution in [0.25, 0.3) is 0 Å². The zero-order valence-electron chi connectivity index (χ0n) is 11.5. The maximum atomic E-state index is 12.1. The highest BCUT2D eigenvalue weighted by molar-refractivity contribution is 7.89. The van der Waals surface area contributed by atoms with Gasteiger partial charge in [0.15, 0.2) is 0 Å². The first-order chi connectivity index (χ1) is 9.62. The van der Waals surface area contributed by atoms with E-state index in [1.54, 1.807) is 18.2 Å². The molecule has 1 aliphatic rings. The molecule has 0 saturated heterocycles. The van der Waals surface area contributed by atoms with E-state index in [2.05, 4.69) is 4.72 Å². The summed E-state index contributed by atoms with van der Waals surface area (Å²) in [6, 6.07) is 6.67. The molecule has 0 unspecified atom stereocenters. The summed E-state index contributed by atoms with van der Waals surface area (Å²) in [5.41, 5.74) is 6.32. The number of hydrogen-bond acceptors (Lipinski definition) is 4. The van der Waals surface area contributed by atoms with E-state index in [-0.39, 0.29) is 4.90 Å². The highest BCUT2D eigenvalue weighted by Crippen LogP contribution is 2.20. The van der Waals surface area contributed by atoms with Crippen LogP contribution in [0.3, 0.4) is 0 Å². The Labute approximate surface area is 120 Å². The molecule has 1 saturated carbocycles. The Kier molecular flexibility index (Phi) is 5.54. The van der Waals surface area contributed by atoms with Gasteiger partial charge in [-0.2, -0.15) is 0 Å². The summed E-state index contributed by atoms with van der Waals surface area (Å²) in [6.07, 6.45) is 4.90. The second-order valence-corrected chi connectivity index (χ2v) is 6.79. The van der Waals surface area contributed by atoms with Crippen molar-refractivity contribution in [3.63, 3.8) is 0 Å². The third-order valence-corrected chi connectivity index (χ3v) is 4.95. The lowest BCUT2D eigenvalue weighted by atomic mass is 10.2. The molecule has 0 bridgehead atoms. The molecule has 0 radical (unpaired) electrons. The minimum Gasteiger partial charge on any atom is -0.377 e. The number of nitrogens with one attached hydrogen (secondary N) is 1. The Morgan fingerprint density at radius 2 is 2.05 bits per heavy atom. The topological polar surface area (TPSA) is 81.4 Å². The fourth-order valence-corrected chi connectivity index (χ4v) is 3.46. The smallest absolute Gasteiger partial charge is 0.240 e. The Hall–Kier alpha value is -0.950. The molecule has 20 heavy (non-hydrogen) atoms. The molecule has 1 aromatic carbocycles. The van der Waals surface area contributed by atoms with Crippen LogP contribution in [0, 0.1) is 0 Å². The first kappa shape index (κ1) is 15.4. The van der Waals surface area contributed by atoms with Gasteiger partial charge in [0.05, 0.1) is 17.6 Å². The van der Waals surface area contributed by atoms with Gasteiger partial charge in [-0.25, -0.2) is 13.1 Å². The summed E-state index contributed by atoms with van der Waals surface area (Å²) in [6.45, 7) is 1.04. The van der Waals surface area contributed by atoms with E-state index in [1.165, 1.54) is 12.8 Å². The highest BCUT2D eigenvalue weighted by atomic mass is 32.2. The molecule has 0 aromatic heterocycles. The molecule has 2 rings (SSSR count). The summed E-state index contributed by atoms with van der Waals surface area (Å²) in [4.78, 5) is 0.251. The van der Waals surface area contributed by atoms with Gasteiger partial charge in [0.2, 0.25) is 10.0 Å². The number of nitrogens with two attached hydrogens (primary N) is 1. The second kappa shape index (κ2) is 7.17. The van der Waals surface area contributed by atoms with Crippen LogP contribution in [0.2, 0.25) is 0 Å². The van der Waals surface area contributed by atoms with Crippen molar-refractivity contribution in [1.29, 1.82) is 0 Å². The predicted molar refractivity (Wildman–Crippen MR) is 77.7 cm³/mol. The van der Waals surface area contributed by atoms with Crippen molar-refractivity contribution < 1.29 is 13.2 Å². The van der Waals surface area contributed by atoms with Gasteiger partial charge in [-0.1, -0.05) is 25.0 Å². The maximum absolute atomic E-state index is 12.1. The molecule has 0 heterocycles. The van der Waals surface area contributed by atoms with Crippen LogP contribution in [0.15, 0.2) is 29.2 Å². The van der Waals surface area contributed by atoms with Crippen LogP contribution >= 0.6 is 0 Å². The minimum atomic E-state index is -3.47. The first-order valence-corrected chi connectivity index (χ1v) is 8.50. The third-order valence-electron chi connectivity index (χ3n) is 3.49. The Bertz CT molecular complexity index is 525. The van der Waals surface area contributed by atoms with Crippen LogP contribution in [0.5, 0.6) is 0 Å². The molecule has 0 amide bonds. The van der Waals surface area contributed by atoms with Gasteiger partial charge in [0.1, 0.15) is 0 Å². The second-order valence-electron chi connectivity index (χ2n) is 5.03. The van der Waals surface area contributed by atoms with Crippen molar-refractivity contribution >= 4 is 10.0 Å². The van der Waals surface area contributed by atoms with Gasteiger partial charge in [0, 0.05) is 13.1 Å². The number of benzene rings is 1. The molecule has 112 valence electrons. The fraction of sp³-hybridized carbons (Fsp3) is 0.571. The summed E-state index contributed by atoms with van der Waals surface area (Å²) in [5, 5.41) is 0. The highest BCUT2D eigenvalue weighted by Gasteiger charge is 2.16. The van der Waals surface area contributed by atoms with E-state index in [9.17, 15) is 8.42 Å². The Morgan fingerprint density at radius 1 is 1.30 bits per heavy atom. The Morgan fingerprint density at radius 3 is 2.75 bits per heavy atom. The molecule has 5 nitrogen and oxygen atoms in total. The van der Waals surface area contributed by atoms with Crippen molar-refractivity contribution in [2.45, 2.75) is 43.2 Å². The van der Waals surface area contributed by atoms with Gasteiger partial charge in [-0.15, -0.1) is 0 Å². The average Bonchev–Trinajstić information content (AvgIpc) is 2.97. The summed E-state index contributed by atoms with van der Waals surface area (Å²) in [5.74, 6) is 0. The van der Waals surface area contributed by atoms with Crippen molar-refractivity contribution in [3.05, 3.63) is 29.8 Å². The van der Waals surface area contributed by atoms with E-state index in [0.29, 0.717) is 25.8 Å². The van der Waals surface area contributed by atoms with Crippen LogP contribution < -0.4 is 10.5 Å². The first-order valence-electron chi connectivity index (χ1n) is 7.02. The van der Waals surface area contributed by atoms with E-state index in [0.717, 1.165) is 18.4 Å². The van der Waals surface area contributed by atoms with Gasteiger partial charge in [0.25, 0.3) is 0 Å². The predicted octanol–water partition coefficient (Wildman–Crippen LogP) is 1.38. The van der Waals surface area contributed by atoms with Crippen molar-refractivity contribution in [1.82, 2.24) is 4.72 Å². The fourth-order valence-electron chi connectivity index (χ4n) is 2.38. The lowest BCUT2D eigenvalue weighted by Crippen LogP contribution is -2.28. The Balaban J connectivity index is 1.83. The lowest BCUT2D eigenvalue weighted by molar-refractivity contribution is 0.0626. The largest absolute Gasteiger partial charge is 0.377 e. The molecule has 1 aromatic rings. The zero-order chi connectivity index (χ0) is 14.4. The third kappa shape index (κ3) is 4.28. The summed E-state index contributed by atoms with van der Waals surface area (Å²) in [7, 11) is -3.47. The van der Waals surface area contributed by atoms with E-state index in [4.69, 9.17) is 10.5 Å². The monoisotopic (exact) mass is 298 g/mol. The van der Waals surface area contributed by atoms with Gasteiger partial charge in [-0.05, 0) is 30.5 Å². The van der Waals surface area contributed by atoms with E-state index < -0.39 is 10.0 Å². The molecular weight excluding hydrogens is 276 g/mol. The number of hydrogen-bond donors (Lipinski definition) is 2.